The first kappa shape index (κ1) is 14.4. The van der Waals surface area contributed by atoms with E-state index in [2.05, 4.69) is 24.3 Å². The van der Waals surface area contributed by atoms with Crippen molar-refractivity contribution >= 4 is 0 Å². The maximum atomic E-state index is 2.99. The number of hydrogen-bond donors (Lipinski definition) is 0. The molecule has 0 saturated carbocycles. The summed E-state index contributed by atoms with van der Waals surface area (Å²) in [6.45, 7) is 0. The first-order valence-corrected chi connectivity index (χ1v) is 3.43. The second-order valence-electron chi connectivity index (χ2n) is 2.01. The quantitative estimate of drug-likeness (QED) is 0.474. The van der Waals surface area contributed by atoms with Crippen LogP contribution in [0, 0.1) is 19.6 Å². The molecule has 0 aromatic carbocycles. The number of hydrogen-bond acceptors (Lipinski definition) is 0. The summed E-state index contributed by atoms with van der Waals surface area (Å²) >= 11 is 0. The van der Waals surface area contributed by atoms with Gasteiger partial charge in [-0.15, -0.1) is 12.8 Å². The molecule has 0 atom stereocenters. The summed E-state index contributed by atoms with van der Waals surface area (Å²) in [5.41, 5.74) is 0. The molecule has 0 fully saturated rings. The zero-order valence-electron chi connectivity index (χ0n) is 8.38. The summed E-state index contributed by atoms with van der Waals surface area (Å²) in [6, 6.07) is 0. The molecule has 0 spiro atoms. The first-order chi connectivity index (χ1) is 5.00. The molecule has 0 N–H and O–H groups in total. The minimum atomic E-state index is 0. The average Bonchev–Trinajstić information content (AvgIpc) is 2.67. The SMILES string of the molecule is [C-]1=CC=CC1.[C-]1=CC=CC1.[CH3-].[H-].[Hf]. The van der Waals surface area contributed by atoms with Gasteiger partial charge in [-0.05, 0) is 0 Å². The van der Waals surface area contributed by atoms with E-state index < -0.39 is 0 Å². The standard InChI is InChI=1S/2C5H5.CH3.Hf.H/c2*1-2-4-5-3-1;;;/h2*1-3H,4H2;1H3;;/q3*-1;;-1. The van der Waals surface area contributed by atoms with Crippen molar-refractivity contribution in [2.24, 2.45) is 0 Å². The summed E-state index contributed by atoms with van der Waals surface area (Å²) in [5.74, 6) is 0. The van der Waals surface area contributed by atoms with Gasteiger partial charge in [-0.3, -0.25) is 12.2 Å². The Kier molecular flexibility index (Phi) is 13.0. The Morgan fingerprint density at radius 3 is 1.42 bits per heavy atom. The Morgan fingerprint density at radius 2 is 1.33 bits per heavy atom. The van der Waals surface area contributed by atoms with Crippen LogP contribution >= 0.6 is 0 Å². The summed E-state index contributed by atoms with van der Waals surface area (Å²) < 4.78 is 0. The molecule has 0 nitrogen and oxygen atoms in total. The van der Waals surface area contributed by atoms with Crippen molar-refractivity contribution in [1.82, 2.24) is 0 Å². The van der Waals surface area contributed by atoms with Gasteiger partial charge in [0.15, 0.2) is 0 Å². The summed E-state index contributed by atoms with van der Waals surface area (Å²) in [6.07, 6.45) is 20.0. The number of allylic oxidation sites excluding steroid dienone is 8. The van der Waals surface area contributed by atoms with E-state index in [-0.39, 0.29) is 34.7 Å². The molecule has 0 aliphatic heterocycles. The Labute approximate surface area is 96.0 Å². The Morgan fingerprint density at radius 1 is 0.917 bits per heavy atom. The van der Waals surface area contributed by atoms with Crippen LogP contribution < -0.4 is 0 Å². The molecule has 1 heteroatoms. The van der Waals surface area contributed by atoms with Gasteiger partial charge < -0.3 is 8.85 Å². The molecule has 0 bridgehead atoms. The van der Waals surface area contributed by atoms with Crippen LogP contribution in [0.5, 0.6) is 0 Å². The van der Waals surface area contributed by atoms with Crippen LogP contribution in [0.1, 0.15) is 14.3 Å². The van der Waals surface area contributed by atoms with Crippen LogP contribution in [0.4, 0.5) is 0 Å². The summed E-state index contributed by atoms with van der Waals surface area (Å²) in [7, 11) is 0. The van der Waals surface area contributed by atoms with Gasteiger partial charge >= 0.3 is 0 Å². The molecule has 2 aliphatic rings. The second-order valence-corrected chi connectivity index (χ2v) is 2.01. The van der Waals surface area contributed by atoms with Crippen molar-refractivity contribution in [3.8, 4) is 0 Å². The monoisotopic (exact) mass is 326 g/mol. The van der Waals surface area contributed by atoms with E-state index in [1.54, 1.807) is 0 Å². The topological polar surface area (TPSA) is 0 Å². The van der Waals surface area contributed by atoms with Crippen molar-refractivity contribution in [1.29, 1.82) is 0 Å². The Hall–Kier alpha value is -0.170. The molecule has 0 saturated heterocycles. The van der Waals surface area contributed by atoms with Gasteiger partial charge in [0, 0.05) is 25.8 Å². The largest absolute Gasteiger partial charge is 1.00 e. The van der Waals surface area contributed by atoms with Crippen LogP contribution in [-0.2, 0) is 25.8 Å². The Bertz CT molecular complexity index is 148. The molecule has 2 aliphatic carbocycles. The maximum Gasteiger partial charge on any atom is 0 e. The van der Waals surface area contributed by atoms with Gasteiger partial charge in [0.1, 0.15) is 0 Å². The van der Waals surface area contributed by atoms with E-state index >= 15 is 0 Å². The molecular weight excluding hydrogens is 311 g/mol. The fourth-order valence-electron chi connectivity index (χ4n) is 0.680. The number of rotatable bonds is 0. The molecule has 0 amide bonds. The van der Waals surface area contributed by atoms with Crippen LogP contribution in [0.25, 0.3) is 0 Å². The van der Waals surface area contributed by atoms with Crippen LogP contribution in [-0.4, -0.2) is 0 Å². The van der Waals surface area contributed by atoms with Crippen molar-refractivity contribution < 1.29 is 27.3 Å². The molecule has 66 valence electrons. The summed E-state index contributed by atoms with van der Waals surface area (Å²) in [5, 5.41) is 0. The fraction of sp³-hybridized carbons (Fsp3) is 0.182. The van der Waals surface area contributed by atoms with E-state index in [0.29, 0.717) is 0 Å². The first-order valence-electron chi connectivity index (χ1n) is 3.43. The zero-order valence-corrected chi connectivity index (χ0v) is 11.0. The van der Waals surface area contributed by atoms with E-state index in [9.17, 15) is 0 Å². The maximum absolute atomic E-state index is 2.99. The minimum Gasteiger partial charge on any atom is -1.00 e. The zero-order chi connectivity index (χ0) is 7.07. The smallest absolute Gasteiger partial charge is 0 e. The Balaban J connectivity index is -0.000000125. The molecule has 0 aromatic heterocycles. The predicted molar refractivity (Wildman–Crippen MR) is 50.7 cm³/mol. The molecule has 0 heterocycles. The van der Waals surface area contributed by atoms with E-state index in [0.717, 1.165) is 12.8 Å². The third-order valence-electron chi connectivity index (χ3n) is 1.17. The molecule has 2 rings (SSSR count). The third-order valence-corrected chi connectivity index (χ3v) is 1.17. The predicted octanol–water partition coefficient (Wildman–Crippen LogP) is 3.17. The molecule has 0 aromatic rings. The van der Waals surface area contributed by atoms with Crippen LogP contribution in [0.3, 0.4) is 0 Å². The van der Waals surface area contributed by atoms with Crippen molar-refractivity contribution in [3.05, 3.63) is 56.0 Å². The third kappa shape index (κ3) is 7.93. The van der Waals surface area contributed by atoms with Gasteiger partial charge in [0.05, 0.1) is 0 Å². The van der Waals surface area contributed by atoms with Crippen molar-refractivity contribution in [3.63, 3.8) is 0 Å². The van der Waals surface area contributed by atoms with Crippen molar-refractivity contribution in [2.45, 2.75) is 12.8 Å². The fourth-order valence-corrected chi connectivity index (χ4v) is 0.680. The van der Waals surface area contributed by atoms with Gasteiger partial charge in [-0.1, -0.05) is 0 Å². The van der Waals surface area contributed by atoms with E-state index in [1.165, 1.54) is 0 Å². The minimum absolute atomic E-state index is 0. The second kappa shape index (κ2) is 10.8. The van der Waals surface area contributed by atoms with Gasteiger partial charge in [0.2, 0.25) is 0 Å². The average molecular weight is 325 g/mol. The van der Waals surface area contributed by atoms with Crippen molar-refractivity contribution in [2.75, 3.05) is 0 Å². The van der Waals surface area contributed by atoms with Gasteiger partial charge in [0.25, 0.3) is 0 Å². The molecule has 12 heavy (non-hydrogen) atoms. The molecule has 0 radical (unpaired) electrons. The van der Waals surface area contributed by atoms with E-state index in [1.807, 2.05) is 24.3 Å². The molecular formula is C11H14Hf-4. The summed E-state index contributed by atoms with van der Waals surface area (Å²) in [4.78, 5) is 0. The van der Waals surface area contributed by atoms with Gasteiger partial charge in [-0.25, -0.2) is 24.3 Å². The molecule has 0 unspecified atom stereocenters. The normalized spacial score (nSPS) is 14.7. The van der Waals surface area contributed by atoms with Gasteiger partial charge in [-0.2, -0.15) is 12.2 Å². The van der Waals surface area contributed by atoms with E-state index in [4.69, 9.17) is 0 Å². The van der Waals surface area contributed by atoms with Crippen LogP contribution in [0.15, 0.2) is 36.5 Å². The van der Waals surface area contributed by atoms with Crippen LogP contribution in [0.2, 0.25) is 0 Å².